The second-order valence-corrected chi connectivity index (χ2v) is 13.8. The maximum Gasteiger partial charge on any atom is 0.415 e. The molecule has 4 atom stereocenters. The molecule has 2 rings (SSSR count). The van der Waals surface area contributed by atoms with Gasteiger partial charge in [0.25, 0.3) is 0 Å². The van der Waals surface area contributed by atoms with Crippen molar-refractivity contribution in [3.8, 4) is 0 Å². The predicted octanol–water partition coefficient (Wildman–Crippen LogP) is 3.85. The van der Waals surface area contributed by atoms with E-state index in [2.05, 4.69) is 0 Å². The lowest BCUT2D eigenvalue weighted by Crippen LogP contribution is -2.67. The first-order valence-electron chi connectivity index (χ1n) is 9.06. The fourth-order valence-corrected chi connectivity index (χ4v) is 4.95. The van der Waals surface area contributed by atoms with Crippen molar-refractivity contribution in [3.63, 3.8) is 0 Å². The summed E-state index contributed by atoms with van der Waals surface area (Å²) in [5.74, 6) is 0. The monoisotopic (exact) mass is 396 g/mol. The van der Waals surface area contributed by atoms with Gasteiger partial charge in [0.15, 0.2) is 14.4 Å². The highest BCUT2D eigenvalue weighted by Gasteiger charge is 2.58. The Kier molecular flexibility index (Phi) is 5.77. The standard InChI is InChI=1S/C17H31F3N2O3Si/c1-16(2,3)24-15(23)22-11-8-9-12(22)13(21(4)10-11)14(17(18,19)20)25-26(5,6)7/h11-14H,8-10H2,1-7H3/t11-,12+,13+,14+/m1/s1. The van der Waals surface area contributed by atoms with Gasteiger partial charge >= 0.3 is 12.3 Å². The number of likely N-dealkylation sites (tertiary alicyclic amines) is 1. The molecule has 152 valence electrons. The number of carbonyl (C=O) groups excluding carboxylic acids is 1. The minimum Gasteiger partial charge on any atom is -0.444 e. The molecule has 0 aliphatic carbocycles. The van der Waals surface area contributed by atoms with E-state index in [1.54, 1.807) is 52.4 Å². The number of carbonyl (C=O) groups is 1. The van der Waals surface area contributed by atoms with Crippen molar-refractivity contribution in [2.75, 3.05) is 13.6 Å². The molecule has 0 N–H and O–H groups in total. The average molecular weight is 397 g/mol. The lowest BCUT2D eigenvalue weighted by Gasteiger charge is -2.49. The molecule has 1 amide bonds. The molecule has 2 bridgehead atoms. The van der Waals surface area contributed by atoms with Crippen LogP contribution in [0.4, 0.5) is 18.0 Å². The molecule has 2 fully saturated rings. The van der Waals surface area contributed by atoms with Crippen molar-refractivity contribution in [1.29, 1.82) is 0 Å². The van der Waals surface area contributed by atoms with Crippen LogP contribution in [-0.2, 0) is 9.16 Å². The number of piperazine rings is 1. The highest BCUT2D eigenvalue weighted by atomic mass is 28.4. The number of fused-ring (bicyclic) bond motifs is 2. The summed E-state index contributed by atoms with van der Waals surface area (Å²) in [6, 6.07) is -1.60. The Morgan fingerprint density at radius 3 is 2.19 bits per heavy atom. The van der Waals surface area contributed by atoms with Crippen LogP contribution in [0.3, 0.4) is 0 Å². The van der Waals surface area contributed by atoms with E-state index in [1.165, 1.54) is 4.90 Å². The number of hydrogen-bond acceptors (Lipinski definition) is 4. The first-order valence-corrected chi connectivity index (χ1v) is 12.5. The van der Waals surface area contributed by atoms with Crippen molar-refractivity contribution in [2.45, 2.75) is 89.3 Å². The molecule has 0 aromatic heterocycles. The third kappa shape index (κ3) is 4.92. The number of nitrogens with zero attached hydrogens (tertiary/aromatic N) is 2. The van der Waals surface area contributed by atoms with E-state index < -0.39 is 44.4 Å². The molecule has 26 heavy (non-hydrogen) atoms. The third-order valence-corrected chi connectivity index (χ3v) is 5.63. The second-order valence-electron chi connectivity index (χ2n) is 9.31. The van der Waals surface area contributed by atoms with Crippen molar-refractivity contribution < 1.29 is 27.1 Å². The van der Waals surface area contributed by atoms with Gasteiger partial charge in [-0.2, -0.15) is 13.2 Å². The molecule has 0 unspecified atom stereocenters. The molecule has 0 aromatic carbocycles. The van der Waals surface area contributed by atoms with Gasteiger partial charge < -0.3 is 9.16 Å². The van der Waals surface area contributed by atoms with Gasteiger partial charge in [0.2, 0.25) is 0 Å². The van der Waals surface area contributed by atoms with Gasteiger partial charge in [-0.1, -0.05) is 0 Å². The summed E-state index contributed by atoms with van der Waals surface area (Å²) in [5.41, 5.74) is -0.687. The summed E-state index contributed by atoms with van der Waals surface area (Å²) < 4.78 is 52.6. The molecule has 5 nitrogen and oxygen atoms in total. The summed E-state index contributed by atoms with van der Waals surface area (Å²) >= 11 is 0. The van der Waals surface area contributed by atoms with Crippen molar-refractivity contribution in [3.05, 3.63) is 0 Å². The zero-order chi connectivity index (χ0) is 20.1. The van der Waals surface area contributed by atoms with Crippen molar-refractivity contribution in [2.24, 2.45) is 0 Å². The number of halogens is 3. The Balaban J connectivity index is 2.33. The first-order chi connectivity index (χ1) is 11.6. The minimum absolute atomic E-state index is 0.114. The van der Waals surface area contributed by atoms with Gasteiger partial charge in [-0.25, -0.2) is 4.79 Å². The van der Waals surface area contributed by atoms with Gasteiger partial charge in [0, 0.05) is 12.6 Å². The Hall–Kier alpha value is -0.803. The molecule has 9 heteroatoms. The van der Waals surface area contributed by atoms with Gasteiger partial charge in [-0.15, -0.1) is 0 Å². The third-order valence-electron chi connectivity index (χ3n) is 4.67. The molecule has 0 aromatic rings. The maximum absolute atomic E-state index is 13.9. The van der Waals surface area contributed by atoms with Crippen LogP contribution in [0.25, 0.3) is 0 Å². The Labute approximate surface area is 154 Å². The number of rotatable bonds is 3. The fourth-order valence-electron chi connectivity index (χ4n) is 3.92. The normalized spacial score (nSPS) is 29.0. The van der Waals surface area contributed by atoms with Gasteiger partial charge in [-0.3, -0.25) is 9.80 Å². The minimum atomic E-state index is -4.49. The van der Waals surface area contributed by atoms with Gasteiger partial charge in [0.05, 0.1) is 12.1 Å². The van der Waals surface area contributed by atoms with Crippen LogP contribution in [0, 0.1) is 0 Å². The van der Waals surface area contributed by atoms with E-state index >= 15 is 0 Å². The van der Waals surface area contributed by atoms with Gasteiger partial charge in [-0.05, 0) is 60.3 Å². The molecule has 2 heterocycles. The van der Waals surface area contributed by atoms with E-state index in [0.717, 1.165) is 0 Å². The lowest BCUT2D eigenvalue weighted by molar-refractivity contribution is -0.223. The summed E-state index contributed by atoms with van der Waals surface area (Å²) in [7, 11) is -0.752. The van der Waals surface area contributed by atoms with Crippen LogP contribution >= 0.6 is 0 Å². The Morgan fingerprint density at radius 1 is 1.15 bits per heavy atom. The SMILES string of the molecule is CN1C[C@H]2CC[C@@H]([C@H]1[C@H](O[Si](C)(C)C)C(F)(F)F)N2C(=O)OC(C)(C)C. The quantitative estimate of drug-likeness (QED) is 0.680. The lowest BCUT2D eigenvalue weighted by atomic mass is 9.97. The van der Waals surface area contributed by atoms with Crippen molar-refractivity contribution in [1.82, 2.24) is 9.80 Å². The molecular weight excluding hydrogens is 365 g/mol. The van der Waals surface area contributed by atoms with E-state index in [0.29, 0.717) is 19.4 Å². The summed E-state index contributed by atoms with van der Waals surface area (Å²) in [6.07, 6.45) is -5.72. The molecule has 2 aliphatic rings. The molecular formula is C17H31F3N2O3Si. The topological polar surface area (TPSA) is 42.0 Å². The zero-order valence-corrected chi connectivity index (χ0v) is 17.7. The number of ether oxygens (including phenoxy) is 1. The number of amides is 1. The Morgan fingerprint density at radius 2 is 1.73 bits per heavy atom. The van der Waals surface area contributed by atoms with Crippen LogP contribution in [0.2, 0.25) is 19.6 Å². The Bertz CT molecular complexity index is 531. The van der Waals surface area contributed by atoms with Crippen LogP contribution in [-0.4, -0.2) is 73.8 Å². The predicted molar refractivity (Wildman–Crippen MR) is 95.6 cm³/mol. The van der Waals surface area contributed by atoms with E-state index in [4.69, 9.17) is 9.16 Å². The van der Waals surface area contributed by atoms with Crippen LogP contribution in [0.5, 0.6) is 0 Å². The molecule has 0 saturated carbocycles. The first kappa shape index (κ1) is 21.5. The number of hydrogen-bond donors (Lipinski definition) is 0. The van der Waals surface area contributed by atoms with Crippen LogP contribution < -0.4 is 0 Å². The molecule has 2 saturated heterocycles. The zero-order valence-electron chi connectivity index (χ0n) is 16.7. The van der Waals surface area contributed by atoms with Crippen LogP contribution in [0.1, 0.15) is 33.6 Å². The van der Waals surface area contributed by atoms with Crippen LogP contribution in [0.15, 0.2) is 0 Å². The molecule has 0 spiro atoms. The molecule has 0 radical (unpaired) electrons. The number of likely N-dealkylation sites (N-methyl/N-ethyl adjacent to an activating group) is 1. The summed E-state index contributed by atoms with van der Waals surface area (Å²) in [6.45, 7) is 10.9. The average Bonchev–Trinajstić information content (AvgIpc) is 2.69. The summed E-state index contributed by atoms with van der Waals surface area (Å²) in [5, 5.41) is 0. The second kappa shape index (κ2) is 6.98. The largest absolute Gasteiger partial charge is 0.444 e. The van der Waals surface area contributed by atoms with E-state index in [-0.39, 0.29) is 6.04 Å². The van der Waals surface area contributed by atoms with E-state index in [9.17, 15) is 18.0 Å². The maximum atomic E-state index is 13.9. The smallest absolute Gasteiger partial charge is 0.415 e. The van der Waals surface area contributed by atoms with Crippen molar-refractivity contribution >= 4 is 14.4 Å². The highest BCUT2D eigenvalue weighted by molar-refractivity contribution is 6.69. The number of alkyl halides is 3. The van der Waals surface area contributed by atoms with E-state index in [1.807, 2.05) is 0 Å². The summed E-state index contributed by atoms with van der Waals surface area (Å²) in [4.78, 5) is 15.9. The molecule has 2 aliphatic heterocycles. The highest BCUT2D eigenvalue weighted by Crippen LogP contribution is 2.41. The fraction of sp³-hybridized carbons (Fsp3) is 0.941. The van der Waals surface area contributed by atoms with Gasteiger partial charge in [0.1, 0.15) is 5.60 Å².